The molecule has 3 rings (SSSR count). The van der Waals surface area contributed by atoms with Gasteiger partial charge in [0.2, 0.25) is 0 Å². The Kier molecular flexibility index (Phi) is 3.25. The van der Waals surface area contributed by atoms with Crippen LogP contribution in [0.2, 0.25) is 0 Å². The van der Waals surface area contributed by atoms with Crippen LogP contribution in [0.4, 0.5) is 11.4 Å². The molecule has 4 nitrogen and oxygen atoms in total. The third-order valence-corrected chi connectivity index (χ3v) is 3.89. The van der Waals surface area contributed by atoms with Gasteiger partial charge in [-0.3, -0.25) is 4.98 Å². The highest BCUT2D eigenvalue weighted by Gasteiger charge is 2.15. The van der Waals surface area contributed by atoms with Crippen molar-refractivity contribution in [1.29, 1.82) is 0 Å². The Labute approximate surface area is 113 Å². The molecule has 0 spiro atoms. The van der Waals surface area contributed by atoms with Crippen molar-refractivity contribution in [2.75, 3.05) is 43.9 Å². The van der Waals surface area contributed by atoms with Gasteiger partial charge in [0, 0.05) is 54.2 Å². The van der Waals surface area contributed by atoms with Gasteiger partial charge in [-0.05, 0) is 38.2 Å². The van der Waals surface area contributed by atoms with E-state index < -0.39 is 0 Å². The fourth-order valence-corrected chi connectivity index (χ4v) is 2.76. The standard InChI is InChI=1S/C15H20N4/c1-18-7-2-8-19(10-9-18)15-4-3-14(16)12-5-6-17-11-13(12)15/h3-6,11H,2,7-10,16H2,1H3. The van der Waals surface area contributed by atoms with E-state index in [1.165, 1.54) is 18.7 Å². The zero-order valence-corrected chi connectivity index (χ0v) is 11.3. The van der Waals surface area contributed by atoms with E-state index in [0.717, 1.165) is 36.1 Å². The number of anilines is 2. The quantitative estimate of drug-likeness (QED) is 0.792. The predicted molar refractivity (Wildman–Crippen MR) is 80.5 cm³/mol. The summed E-state index contributed by atoms with van der Waals surface area (Å²) in [5.74, 6) is 0. The highest BCUT2D eigenvalue weighted by atomic mass is 15.2. The Morgan fingerprint density at radius 3 is 2.84 bits per heavy atom. The Morgan fingerprint density at radius 1 is 1.05 bits per heavy atom. The van der Waals surface area contributed by atoms with Crippen molar-refractivity contribution < 1.29 is 0 Å². The van der Waals surface area contributed by atoms with Gasteiger partial charge >= 0.3 is 0 Å². The summed E-state index contributed by atoms with van der Waals surface area (Å²) in [4.78, 5) is 9.09. The van der Waals surface area contributed by atoms with Gasteiger partial charge in [-0.25, -0.2) is 0 Å². The lowest BCUT2D eigenvalue weighted by molar-refractivity contribution is 0.360. The van der Waals surface area contributed by atoms with Crippen molar-refractivity contribution in [3.8, 4) is 0 Å². The second-order valence-corrected chi connectivity index (χ2v) is 5.24. The van der Waals surface area contributed by atoms with Gasteiger partial charge in [0.05, 0.1) is 0 Å². The van der Waals surface area contributed by atoms with Crippen molar-refractivity contribution >= 4 is 22.1 Å². The molecule has 19 heavy (non-hydrogen) atoms. The molecule has 0 saturated carbocycles. The SMILES string of the molecule is CN1CCCN(c2ccc(N)c3ccncc23)CC1. The minimum atomic E-state index is 0.827. The normalized spacial score (nSPS) is 17.6. The largest absolute Gasteiger partial charge is 0.398 e. The first-order valence-corrected chi connectivity index (χ1v) is 6.81. The molecule has 2 N–H and O–H groups in total. The molecule has 0 aliphatic carbocycles. The van der Waals surface area contributed by atoms with Crippen LogP contribution in [0, 0.1) is 0 Å². The molecule has 0 unspecified atom stereocenters. The molecule has 4 heteroatoms. The number of nitrogens with zero attached hydrogens (tertiary/aromatic N) is 3. The molecule has 1 aliphatic heterocycles. The van der Waals surface area contributed by atoms with E-state index in [1.54, 1.807) is 6.20 Å². The first-order chi connectivity index (χ1) is 9.25. The van der Waals surface area contributed by atoms with Crippen LogP contribution < -0.4 is 10.6 Å². The number of nitrogens with two attached hydrogens (primary N) is 1. The van der Waals surface area contributed by atoms with Gasteiger partial charge in [-0.2, -0.15) is 0 Å². The molecule has 1 aliphatic rings. The molecule has 2 aromatic rings. The average molecular weight is 256 g/mol. The second-order valence-electron chi connectivity index (χ2n) is 5.24. The van der Waals surface area contributed by atoms with E-state index in [9.17, 15) is 0 Å². The lowest BCUT2D eigenvalue weighted by atomic mass is 10.1. The van der Waals surface area contributed by atoms with Gasteiger partial charge < -0.3 is 15.5 Å². The molecular weight excluding hydrogens is 236 g/mol. The molecule has 0 bridgehead atoms. The summed E-state index contributed by atoms with van der Waals surface area (Å²) in [6, 6.07) is 6.13. The maximum Gasteiger partial charge on any atom is 0.0463 e. The van der Waals surface area contributed by atoms with Crippen LogP contribution in [0.15, 0.2) is 30.6 Å². The molecule has 0 atom stereocenters. The van der Waals surface area contributed by atoms with E-state index in [-0.39, 0.29) is 0 Å². The fourth-order valence-electron chi connectivity index (χ4n) is 2.76. The maximum atomic E-state index is 6.05. The van der Waals surface area contributed by atoms with Gasteiger partial charge in [-0.15, -0.1) is 0 Å². The monoisotopic (exact) mass is 256 g/mol. The number of benzene rings is 1. The van der Waals surface area contributed by atoms with E-state index in [4.69, 9.17) is 5.73 Å². The summed E-state index contributed by atoms with van der Waals surface area (Å²) < 4.78 is 0. The Hall–Kier alpha value is -1.81. The molecule has 0 radical (unpaired) electrons. The summed E-state index contributed by atoms with van der Waals surface area (Å²) in [7, 11) is 2.19. The second kappa shape index (κ2) is 5.05. The number of hydrogen-bond acceptors (Lipinski definition) is 4. The van der Waals surface area contributed by atoms with E-state index in [1.807, 2.05) is 18.3 Å². The molecule has 100 valence electrons. The number of nitrogen functional groups attached to an aromatic ring is 1. The van der Waals surface area contributed by atoms with Gasteiger partial charge in [0.1, 0.15) is 0 Å². The Bertz CT molecular complexity index is 581. The smallest absolute Gasteiger partial charge is 0.0463 e. The number of likely N-dealkylation sites (N-methyl/N-ethyl adjacent to an activating group) is 1. The van der Waals surface area contributed by atoms with E-state index >= 15 is 0 Å². The van der Waals surface area contributed by atoms with Crippen LogP contribution >= 0.6 is 0 Å². The van der Waals surface area contributed by atoms with Crippen LogP contribution in [-0.4, -0.2) is 43.1 Å². The van der Waals surface area contributed by atoms with Crippen molar-refractivity contribution in [2.24, 2.45) is 0 Å². The van der Waals surface area contributed by atoms with Crippen LogP contribution in [0.1, 0.15) is 6.42 Å². The third kappa shape index (κ3) is 2.36. The van der Waals surface area contributed by atoms with Crippen LogP contribution in [0.5, 0.6) is 0 Å². The molecule has 1 fully saturated rings. The van der Waals surface area contributed by atoms with Crippen LogP contribution in [0.25, 0.3) is 10.8 Å². The minimum absolute atomic E-state index is 0.827. The Morgan fingerprint density at radius 2 is 1.95 bits per heavy atom. The van der Waals surface area contributed by atoms with E-state index in [2.05, 4.69) is 27.9 Å². The number of rotatable bonds is 1. The fraction of sp³-hybridized carbons (Fsp3) is 0.400. The molecular formula is C15H20N4. The number of fused-ring (bicyclic) bond motifs is 1. The van der Waals surface area contributed by atoms with Crippen LogP contribution in [0.3, 0.4) is 0 Å². The summed E-state index contributed by atoms with van der Waals surface area (Å²) in [6.07, 6.45) is 4.93. The van der Waals surface area contributed by atoms with Crippen LogP contribution in [-0.2, 0) is 0 Å². The average Bonchev–Trinajstić information content (AvgIpc) is 2.65. The zero-order valence-electron chi connectivity index (χ0n) is 11.3. The summed E-state index contributed by atoms with van der Waals surface area (Å²) >= 11 is 0. The van der Waals surface area contributed by atoms with Crippen molar-refractivity contribution in [3.63, 3.8) is 0 Å². The molecule has 1 aromatic heterocycles. The van der Waals surface area contributed by atoms with Gasteiger partial charge in [-0.1, -0.05) is 0 Å². The van der Waals surface area contributed by atoms with Gasteiger partial charge in [0.25, 0.3) is 0 Å². The zero-order chi connectivity index (χ0) is 13.2. The molecule has 1 saturated heterocycles. The summed E-state index contributed by atoms with van der Waals surface area (Å²) in [5.41, 5.74) is 8.14. The van der Waals surface area contributed by atoms with Crippen molar-refractivity contribution in [2.45, 2.75) is 6.42 Å². The van der Waals surface area contributed by atoms with E-state index in [0.29, 0.717) is 0 Å². The highest BCUT2D eigenvalue weighted by molar-refractivity contribution is 6.00. The number of pyridine rings is 1. The summed E-state index contributed by atoms with van der Waals surface area (Å²) in [6.45, 7) is 4.43. The van der Waals surface area contributed by atoms with Crippen molar-refractivity contribution in [1.82, 2.24) is 9.88 Å². The third-order valence-electron chi connectivity index (χ3n) is 3.89. The predicted octanol–water partition coefficient (Wildman–Crippen LogP) is 1.96. The number of hydrogen-bond donors (Lipinski definition) is 1. The molecule has 2 heterocycles. The lowest BCUT2D eigenvalue weighted by Gasteiger charge is -2.24. The Balaban J connectivity index is 2.02. The molecule has 1 aromatic carbocycles. The topological polar surface area (TPSA) is 45.4 Å². The first-order valence-electron chi connectivity index (χ1n) is 6.81. The number of aromatic nitrogens is 1. The molecule has 0 amide bonds. The van der Waals surface area contributed by atoms with Gasteiger partial charge in [0.15, 0.2) is 0 Å². The summed E-state index contributed by atoms with van der Waals surface area (Å²) in [5, 5.41) is 2.26. The lowest BCUT2D eigenvalue weighted by Crippen LogP contribution is -2.28. The highest BCUT2D eigenvalue weighted by Crippen LogP contribution is 2.30. The maximum absolute atomic E-state index is 6.05. The van der Waals surface area contributed by atoms with Crippen molar-refractivity contribution in [3.05, 3.63) is 30.6 Å². The first kappa shape index (κ1) is 12.2. The minimum Gasteiger partial charge on any atom is -0.398 e.